The summed E-state index contributed by atoms with van der Waals surface area (Å²) in [6.07, 6.45) is -1.91. The van der Waals surface area contributed by atoms with E-state index in [1.54, 1.807) is 57.4 Å². The van der Waals surface area contributed by atoms with Gasteiger partial charge >= 0.3 is 12.1 Å². The Hall–Kier alpha value is -7.27. The molecule has 1 amide bonds. The van der Waals surface area contributed by atoms with Crippen LogP contribution >= 0.6 is 11.6 Å². The van der Waals surface area contributed by atoms with Crippen LogP contribution < -0.4 is 33.7 Å². The van der Waals surface area contributed by atoms with Crippen molar-refractivity contribution in [3.8, 4) is 57.8 Å². The molecule has 4 aliphatic rings. The monoisotopic (exact) mass is 1190 g/mol. The first-order valence-electron chi connectivity index (χ1n) is 27.7. The SMILES string of the molecule is C=CCOC(=O)O[C@]1(CC#C[Si](CC)(CC)CC)C#CC2=C[C@H](Oc3ccc(nc3Cl)[C@H](NC(=O)c3cc4c(OC)c(OC)c(OC(C)C)cc4cc3OCC=C)CC(=O)OC[C@H]1OCOCc1ccc(OC)cc1)[C@@H](O)[C@]21COC(C)(C)O1. The highest BCUT2D eigenvalue weighted by atomic mass is 35.5. The van der Waals surface area contributed by atoms with E-state index < -0.39 is 87.3 Å². The first-order valence-corrected chi connectivity index (χ1v) is 30.7. The number of aromatic nitrogens is 1. The van der Waals surface area contributed by atoms with Gasteiger partial charge in [-0.15, -0.1) is 11.5 Å². The summed E-state index contributed by atoms with van der Waals surface area (Å²) in [6, 6.07) is 16.5. The number of carbonyl (C=O) groups is 3. The predicted octanol–water partition coefficient (Wildman–Crippen LogP) is 10.3. The van der Waals surface area contributed by atoms with Crippen molar-refractivity contribution in [3.63, 3.8) is 0 Å². The molecule has 21 heteroatoms. The average Bonchev–Trinajstić information content (AvgIpc) is 2.86. The molecule has 3 aromatic carbocycles. The zero-order valence-corrected chi connectivity index (χ0v) is 51.1. The van der Waals surface area contributed by atoms with Gasteiger partial charge in [0.05, 0.1) is 70.8 Å². The van der Waals surface area contributed by atoms with Gasteiger partial charge in [0.1, 0.15) is 64.5 Å². The number of amides is 1. The number of pyridine rings is 1. The molecule has 2 N–H and O–H groups in total. The van der Waals surface area contributed by atoms with Gasteiger partial charge in [-0.25, -0.2) is 9.78 Å². The number of aliphatic hydroxyl groups excluding tert-OH is 1. The minimum Gasteiger partial charge on any atom is -0.497 e. The molecule has 1 saturated heterocycles. The molecule has 0 saturated carbocycles. The number of fused-ring (bicyclic) bond motifs is 10. The van der Waals surface area contributed by atoms with Gasteiger partial charge in [0, 0.05) is 11.0 Å². The highest BCUT2D eigenvalue weighted by molar-refractivity contribution is 6.87. The number of ether oxygens (including phenoxy) is 13. The van der Waals surface area contributed by atoms with Crippen molar-refractivity contribution >= 4 is 48.5 Å². The number of rotatable bonds is 22. The number of aliphatic hydroxyl groups is 1. The average molecular weight is 1200 g/mol. The van der Waals surface area contributed by atoms with E-state index in [0.717, 1.165) is 23.7 Å². The fourth-order valence-electron chi connectivity index (χ4n) is 9.93. The number of benzene rings is 3. The van der Waals surface area contributed by atoms with Crippen molar-refractivity contribution in [1.29, 1.82) is 0 Å². The second-order valence-electron chi connectivity index (χ2n) is 20.9. The van der Waals surface area contributed by atoms with Gasteiger partial charge in [0.25, 0.3) is 5.91 Å². The van der Waals surface area contributed by atoms with Gasteiger partial charge < -0.3 is 72.0 Å². The number of nitrogens with zero attached hydrogens (tertiary/aromatic N) is 1. The van der Waals surface area contributed by atoms with Gasteiger partial charge in [-0.2, -0.15) is 0 Å². The Balaban J connectivity index is 1.38. The van der Waals surface area contributed by atoms with Gasteiger partial charge in [-0.05, 0) is 111 Å². The number of hydrogen-bond acceptors (Lipinski definition) is 18. The Bertz CT molecular complexity index is 3190. The second-order valence-corrected chi connectivity index (χ2v) is 26.2. The van der Waals surface area contributed by atoms with Gasteiger partial charge in [-0.1, -0.05) is 75.7 Å². The van der Waals surface area contributed by atoms with Crippen molar-refractivity contribution in [2.45, 2.75) is 133 Å². The van der Waals surface area contributed by atoms with E-state index in [1.165, 1.54) is 38.5 Å². The Morgan fingerprint density at radius 3 is 2.32 bits per heavy atom. The van der Waals surface area contributed by atoms with Crippen LogP contribution in [0, 0.1) is 23.3 Å². The molecule has 1 aromatic heterocycles. The van der Waals surface area contributed by atoms with Gasteiger partial charge in [0.15, 0.2) is 33.8 Å². The van der Waals surface area contributed by atoms with Crippen LogP contribution in [0.4, 0.5) is 4.79 Å². The number of methoxy groups -OCH3 is 3. The molecular formula is C63H75ClN2O17Si. The standard InChI is InChI=1S/C63H75ClN2O17Si/c1-13-28-75-50-31-42-32-51(80-40(6)7)56(73-12)55(72-11)45(42)34-46(50)59(69)66-48-35-54(67)77-37-53(78-39-74-36-41-19-21-44(71-10)22-20-41)62(82-60(70)76-29-14-2,26-18-30-84(15-3,16-4)17-5)27-25-43-33-52(81-49-24-23-47(48)65-58(49)64)57(68)63(43)38-79-61(8,9)83-63/h13-14,19-24,31-34,40,48,52-53,57,68H,1-2,15-17,26,28-29,35-39H2,3-12H3,(H,66,69)/t48-,52+,53-,57-,62-,63+/m1/s1. The lowest BCUT2D eigenvalue weighted by Gasteiger charge is -2.34. The Morgan fingerprint density at radius 1 is 0.976 bits per heavy atom. The second kappa shape index (κ2) is 28.5. The van der Waals surface area contributed by atoms with Crippen LogP contribution in [-0.4, -0.2) is 132 Å². The molecule has 84 heavy (non-hydrogen) atoms. The molecule has 0 radical (unpaired) electrons. The zero-order valence-electron chi connectivity index (χ0n) is 49.3. The molecule has 0 unspecified atom stereocenters. The minimum atomic E-state index is -2.20. The van der Waals surface area contributed by atoms with E-state index in [2.05, 4.69) is 67.5 Å². The van der Waals surface area contributed by atoms with E-state index in [9.17, 15) is 19.5 Å². The lowest BCUT2D eigenvalue weighted by Crippen LogP contribution is -2.51. The summed E-state index contributed by atoms with van der Waals surface area (Å²) in [7, 11) is 2.32. The summed E-state index contributed by atoms with van der Waals surface area (Å²) >= 11 is 6.95. The molecule has 1 aliphatic carbocycles. The van der Waals surface area contributed by atoms with Gasteiger partial charge in [0.2, 0.25) is 11.4 Å². The third-order valence-corrected chi connectivity index (χ3v) is 19.7. The van der Waals surface area contributed by atoms with Gasteiger partial charge in [-0.3, -0.25) is 9.59 Å². The van der Waals surface area contributed by atoms with Crippen LogP contribution in [0.3, 0.4) is 0 Å². The molecular weight excluding hydrogens is 1120 g/mol. The van der Waals surface area contributed by atoms with E-state index in [1.807, 2.05) is 26.0 Å². The highest BCUT2D eigenvalue weighted by Crippen LogP contribution is 2.47. The fourth-order valence-corrected chi connectivity index (χ4v) is 12.6. The number of hydrogen-bond donors (Lipinski definition) is 2. The summed E-state index contributed by atoms with van der Waals surface area (Å²) < 4.78 is 78.9. The number of esters is 1. The molecule has 1 fully saturated rings. The van der Waals surface area contributed by atoms with E-state index in [-0.39, 0.29) is 78.2 Å². The Morgan fingerprint density at radius 2 is 1.69 bits per heavy atom. The summed E-state index contributed by atoms with van der Waals surface area (Å²) in [6.45, 7) is 19.5. The van der Waals surface area contributed by atoms with E-state index in [4.69, 9.17) is 73.2 Å². The maximum Gasteiger partial charge on any atom is 0.510 e. The third kappa shape index (κ3) is 15.0. The number of nitrogens with one attached hydrogen (secondary N) is 1. The van der Waals surface area contributed by atoms with E-state index >= 15 is 0 Å². The van der Waals surface area contributed by atoms with Crippen molar-refractivity contribution in [3.05, 3.63) is 114 Å². The third-order valence-electron chi connectivity index (χ3n) is 14.7. The molecule has 19 nitrogen and oxygen atoms in total. The van der Waals surface area contributed by atoms with Crippen molar-refractivity contribution < 1.29 is 81.1 Å². The Kier molecular flexibility index (Phi) is 21.8. The van der Waals surface area contributed by atoms with Crippen LogP contribution in [0.1, 0.15) is 89.0 Å². The first-order chi connectivity index (χ1) is 40.2. The highest BCUT2D eigenvalue weighted by Gasteiger charge is 2.59. The maximum atomic E-state index is 15.0. The van der Waals surface area contributed by atoms with Crippen molar-refractivity contribution in [2.24, 2.45) is 0 Å². The Labute approximate surface area is 497 Å². The largest absolute Gasteiger partial charge is 0.510 e. The maximum absolute atomic E-state index is 15.0. The summed E-state index contributed by atoms with van der Waals surface area (Å²) in [5.41, 5.74) is 0.903. The van der Waals surface area contributed by atoms with Crippen molar-refractivity contribution in [1.82, 2.24) is 10.3 Å². The topological polar surface area (TPSA) is 216 Å². The summed E-state index contributed by atoms with van der Waals surface area (Å²) in [4.78, 5) is 48.4. The lowest BCUT2D eigenvalue weighted by molar-refractivity contribution is -0.178. The summed E-state index contributed by atoms with van der Waals surface area (Å²) in [5.74, 6) is 8.69. The molecule has 6 atom stereocenters. The van der Waals surface area contributed by atoms with Crippen LogP contribution in [-0.2, 0) is 44.6 Å². The molecule has 4 bridgehead atoms. The fraction of sp³-hybridized carbons (Fsp3) is 0.460. The molecule has 4 heterocycles. The molecule has 1 spiro atoms. The molecule has 4 aromatic rings. The summed E-state index contributed by atoms with van der Waals surface area (Å²) in [5, 5.41) is 16.2. The molecule has 450 valence electrons. The smallest absolute Gasteiger partial charge is 0.497 e. The molecule has 8 rings (SSSR count). The van der Waals surface area contributed by atoms with Crippen molar-refractivity contribution in [2.75, 3.05) is 54.5 Å². The van der Waals surface area contributed by atoms with Crippen LogP contribution in [0.5, 0.6) is 34.5 Å². The van der Waals surface area contributed by atoms with Crippen LogP contribution in [0.2, 0.25) is 23.3 Å². The number of halogens is 1. The molecule has 3 aliphatic heterocycles. The first kappa shape index (κ1) is 64.3. The minimum absolute atomic E-state index is 0.0214. The lowest BCUT2D eigenvalue weighted by atomic mass is 9.90. The zero-order chi connectivity index (χ0) is 60.8. The van der Waals surface area contributed by atoms with Crippen LogP contribution in [0.25, 0.3) is 10.8 Å². The predicted molar refractivity (Wildman–Crippen MR) is 316 cm³/mol. The number of carbonyl (C=O) groups excluding carboxylic acids is 3. The quantitative estimate of drug-likeness (QED) is 0.0142. The van der Waals surface area contributed by atoms with E-state index in [0.29, 0.717) is 28.0 Å². The van der Waals surface area contributed by atoms with Crippen LogP contribution in [0.15, 0.2) is 91.6 Å². The normalized spacial score (nSPS) is 21.8.